The maximum absolute atomic E-state index is 11.5. The van der Waals surface area contributed by atoms with Gasteiger partial charge in [0, 0.05) is 4.88 Å². The highest BCUT2D eigenvalue weighted by atomic mass is 79.9. The molecule has 0 aromatic carbocycles. The molecule has 0 bridgehead atoms. The SMILES string of the molecule is CC(C)[C@H](N)C(=O)NCc1ccc(Br)s1. The molecular weight excluding hydrogens is 276 g/mol. The van der Waals surface area contributed by atoms with Gasteiger partial charge in [-0.1, -0.05) is 13.8 Å². The third-order valence-electron chi connectivity index (χ3n) is 2.09. The van der Waals surface area contributed by atoms with E-state index in [0.717, 1.165) is 8.66 Å². The van der Waals surface area contributed by atoms with Gasteiger partial charge in [-0.15, -0.1) is 11.3 Å². The van der Waals surface area contributed by atoms with Gasteiger partial charge in [0.2, 0.25) is 5.91 Å². The Morgan fingerprint density at radius 1 is 1.60 bits per heavy atom. The van der Waals surface area contributed by atoms with Crippen LogP contribution < -0.4 is 11.1 Å². The lowest BCUT2D eigenvalue weighted by Gasteiger charge is -2.14. The lowest BCUT2D eigenvalue weighted by molar-refractivity contribution is -0.123. The van der Waals surface area contributed by atoms with Gasteiger partial charge in [0.1, 0.15) is 0 Å². The van der Waals surface area contributed by atoms with Crippen molar-refractivity contribution >= 4 is 33.2 Å². The zero-order valence-corrected chi connectivity index (χ0v) is 11.2. The second-order valence-electron chi connectivity index (χ2n) is 3.69. The van der Waals surface area contributed by atoms with E-state index in [1.807, 2.05) is 26.0 Å². The monoisotopic (exact) mass is 290 g/mol. The van der Waals surface area contributed by atoms with E-state index in [9.17, 15) is 4.79 Å². The molecule has 1 aromatic heterocycles. The highest BCUT2D eigenvalue weighted by molar-refractivity contribution is 9.11. The Labute approximate surface area is 102 Å². The Morgan fingerprint density at radius 3 is 2.73 bits per heavy atom. The normalized spacial score (nSPS) is 12.9. The number of rotatable bonds is 4. The Kier molecular flexibility index (Phi) is 4.76. The van der Waals surface area contributed by atoms with Gasteiger partial charge in [-0.2, -0.15) is 0 Å². The van der Waals surface area contributed by atoms with Crippen molar-refractivity contribution in [2.24, 2.45) is 11.7 Å². The standard InChI is InChI=1S/C10H15BrN2OS/c1-6(2)9(12)10(14)13-5-7-3-4-8(11)15-7/h3-4,6,9H,5,12H2,1-2H3,(H,13,14)/t9-/m0/s1. The number of nitrogens with one attached hydrogen (secondary N) is 1. The average molecular weight is 291 g/mol. The molecule has 84 valence electrons. The van der Waals surface area contributed by atoms with E-state index >= 15 is 0 Å². The molecule has 0 spiro atoms. The van der Waals surface area contributed by atoms with Gasteiger partial charge in [-0.05, 0) is 34.0 Å². The van der Waals surface area contributed by atoms with Crippen molar-refractivity contribution < 1.29 is 4.79 Å². The molecule has 0 radical (unpaired) electrons. The number of carbonyl (C=O) groups excluding carboxylic acids is 1. The second-order valence-corrected chi connectivity index (χ2v) is 6.24. The molecule has 5 heteroatoms. The predicted molar refractivity (Wildman–Crippen MR) is 66.7 cm³/mol. The van der Waals surface area contributed by atoms with Crippen molar-refractivity contribution in [3.8, 4) is 0 Å². The van der Waals surface area contributed by atoms with Crippen molar-refractivity contribution in [1.82, 2.24) is 5.32 Å². The lowest BCUT2D eigenvalue weighted by atomic mass is 10.1. The molecule has 1 amide bonds. The summed E-state index contributed by atoms with van der Waals surface area (Å²) in [5, 5.41) is 2.82. The fourth-order valence-electron chi connectivity index (χ4n) is 1.04. The van der Waals surface area contributed by atoms with E-state index in [-0.39, 0.29) is 11.8 Å². The largest absolute Gasteiger partial charge is 0.350 e. The number of hydrogen-bond donors (Lipinski definition) is 2. The number of thiophene rings is 1. The molecule has 1 atom stereocenters. The smallest absolute Gasteiger partial charge is 0.237 e. The fraction of sp³-hybridized carbons (Fsp3) is 0.500. The molecule has 0 aliphatic rings. The summed E-state index contributed by atoms with van der Waals surface area (Å²) in [5.74, 6) is 0.0783. The topological polar surface area (TPSA) is 55.1 Å². The summed E-state index contributed by atoms with van der Waals surface area (Å²) in [6, 6.07) is 3.53. The van der Waals surface area contributed by atoms with Crippen molar-refractivity contribution in [2.75, 3.05) is 0 Å². The van der Waals surface area contributed by atoms with Crippen molar-refractivity contribution in [1.29, 1.82) is 0 Å². The maximum Gasteiger partial charge on any atom is 0.237 e. The minimum absolute atomic E-state index is 0.0884. The highest BCUT2D eigenvalue weighted by Gasteiger charge is 2.16. The molecule has 1 aromatic rings. The number of amides is 1. The number of hydrogen-bond acceptors (Lipinski definition) is 3. The quantitative estimate of drug-likeness (QED) is 0.892. The van der Waals surface area contributed by atoms with Gasteiger partial charge < -0.3 is 11.1 Å². The fourth-order valence-corrected chi connectivity index (χ4v) is 2.46. The van der Waals surface area contributed by atoms with Crippen LogP contribution >= 0.6 is 27.3 Å². The molecule has 3 N–H and O–H groups in total. The Balaban J connectivity index is 2.40. The van der Waals surface area contributed by atoms with Crippen LogP contribution in [0, 0.1) is 5.92 Å². The maximum atomic E-state index is 11.5. The molecule has 0 fully saturated rings. The van der Waals surface area contributed by atoms with Crippen LogP contribution in [0.3, 0.4) is 0 Å². The summed E-state index contributed by atoms with van der Waals surface area (Å²) in [5.41, 5.74) is 5.71. The highest BCUT2D eigenvalue weighted by Crippen LogP contribution is 2.21. The summed E-state index contributed by atoms with van der Waals surface area (Å²) in [7, 11) is 0. The summed E-state index contributed by atoms with van der Waals surface area (Å²) < 4.78 is 1.07. The summed E-state index contributed by atoms with van der Waals surface area (Å²) in [6.07, 6.45) is 0. The van der Waals surface area contributed by atoms with E-state index in [2.05, 4.69) is 21.2 Å². The molecule has 3 nitrogen and oxygen atoms in total. The molecule has 0 aliphatic heterocycles. The zero-order chi connectivity index (χ0) is 11.4. The summed E-state index contributed by atoms with van der Waals surface area (Å²) in [6.45, 7) is 4.42. The van der Waals surface area contributed by atoms with E-state index in [1.54, 1.807) is 11.3 Å². The molecular formula is C10H15BrN2OS. The van der Waals surface area contributed by atoms with Gasteiger partial charge in [-0.3, -0.25) is 4.79 Å². The first-order valence-electron chi connectivity index (χ1n) is 4.78. The minimum atomic E-state index is -0.423. The minimum Gasteiger partial charge on any atom is -0.350 e. The predicted octanol–water partition coefficient (Wildman–Crippen LogP) is 2.11. The Bertz CT molecular complexity index is 338. The number of nitrogens with two attached hydrogens (primary N) is 1. The molecule has 15 heavy (non-hydrogen) atoms. The molecule has 0 aliphatic carbocycles. The van der Waals surface area contributed by atoms with Crippen LogP contribution in [-0.4, -0.2) is 11.9 Å². The first-order chi connectivity index (χ1) is 7.00. The van der Waals surface area contributed by atoms with Gasteiger partial charge in [0.25, 0.3) is 0 Å². The van der Waals surface area contributed by atoms with E-state index in [0.29, 0.717) is 6.54 Å². The van der Waals surface area contributed by atoms with Crippen molar-refractivity contribution in [3.05, 3.63) is 20.8 Å². The van der Waals surface area contributed by atoms with Crippen molar-refractivity contribution in [3.63, 3.8) is 0 Å². The van der Waals surface area contributed by atoms with Crippen LogP contribution in [0.15, 0.2) is 15.9 Å². The zero-order valence-electron chi connectivity index (χ0n) is 8.79. The van der Waals surface area contributed by atoms with E-state index < -0.39 is 6.04 Å². The third kappa shape index (κ3) is 3.93. The summed E-state index contributed by atoms with van der Waals surface area (Å²) >= 11 is 4.98. The Morgan fingerprint density at radius 2 is 2.27 bits per heavy atom. The van der Waals surface area contributed by atoms with Crippen LogP contribution in [0.2, 0.25) is 0 Å². The Hall–Kier alpha value is -0.390. The first-order valence-corrected chi connectivity index (χ1v) is 6.39. The second kappa shape index (κ2) is 5.63. The van der Waals surface area contributed by atoms with Crippen LogP contribution in [-0.2, 0) is 11.3 Å². The average Bonchev–Trinajstić information content (AvgIpc) is 2.59. The van der Waals surface area contributed by atoms with Crippen LogP contribution in [0.1, 0.15) is 18.7 Å². The molecule has 0 unspecified atom stereocenters. The van der Waals surface area contributed by atoms with Crippen molar-refractivity contribution in [2.45, 2.75) is 26.4 Å². The van der Waals surface area contributed by atoms with Crippen LogP contribution in [0.5, 0.6) is 0 Å². The number of halogens is 1. The van der Waals surface area contributed by atoms with Gasteiger partial charge in [0.05, 0.1) is 16.4 Å². The van der Waals surface area contributed by atoms with Gasteiger partial charge in [0.15, 0.2) is 0 Å². The molecule has 1 heterocycles. The molecule has 0 saturated heterocycles. The molecule has 0 saturated carbocycles. The lowest BCUT2D eigenvalue weighted by Crippen LogP contribution is -2.43. The first kappa shape index (κ1) is 12.7. The third-order valence-corrected chi connectivity index (χ3v) is 3.71. The van der Waals surface area contributed by atoms with Crippen LogP contribution in [0.25, 0.3) is 0 Å². The van der Waals surface area contributed by atoms with Crippen LogP contribution in [0.4, 0.5) is 0 Å². The van der Waals surface area contributed by atoms with Gasteiger partial charge in [-0.25, -0.2) is 0 Å². The van der Waals surface area contributed by atoms with E-state index in [1.165, 1.54) is 0 Å². The molecule has 1 rings (SSSR count). The number of carbonyl (C=O) groups is 1. The van der Waals surface area contributed by atoms with Gasteiger partial charge >= 0.3 is 0 Å². The van der Waals surface area contributed by atoms with E-state index in [4.69, 9.17) is 5.73 Å². The summed E-state index contributed by atoms with van der Waals surface area (Å²) in [4.78, 5) is 12.6.